The van der Waals surface area contributed by atoms with Gasteiger partial charge in [-0.2, -0.15) is 0 Å². The third kappa shape index (κ3) is 2.71. The van der Waals surface area contributed by atoms with Crippen molar-refractivity contribution >= 4 is 12.7 Å². The van der Waals surface area contributed by atoms with E-state index in [0.29, 0.717) is 0 Å². The number of rotatable bonds is 4. The van der Waals surface area contributed by atoms with Crippen molar-refractivity contribution in [3.63, 3.8) is 0 Å². The lowest BCUT2D eigenvalue weighted by Crippen LogP contribution is -2.28. The zero-order chi connectivity index (χ0) is 14.8. The van der Waals surface area contributed by atoms with Crippen LogP contribution in [0, 0.1) is 0 Å². The molecular weight excluding hydrogens is 267 g/mol. The highest BCUT2D eigenvalue weighted by Gasteiger charge is 2.30. The second-order valence-corrected chi connectivity index (χ2v) is 8.36. The first-order chi connectivity index (χ1) is 9.46. The van der Waals surface area contributed by atoms with Crippen molar-refractivity contribution in [2.75, 3.05) is 28.2 Å². The Morgan fingerprint density at radius 2 is 1.15 bits per heavy atom. The van der Waals surface area contributed by atoms with Crippen molar-refractivity contribution in [3.8, 4) is 11.1 Å². The molecule has 4 heteroatoms. The highest BCUT2D eigenvalue weighted by atomic mass is 31.2. The average Bonchev–Trinajstić information content (AvgIpc) is 2.47. The molecule has 0 bridgehead atoms. The first kappa shape index (κ1) is 15.0. The van der Waals surface area contributed by atoms with Crippen LogP contribution in [0.4, 0.5) is 0 Å². The van der Waals surface area contributed by atoms with Gasteiger partial charge in [0.2, 0.25) is 7.44 Å². The summed E-state index contributed by atoms with van der Waals surface area (Å²) in [5.74, 6) is 0. The molecule has 20 heavy (non-hydrogen) atoms. The maximum absolute atomic E-state index is 13.1. The summed E-state index contributed by atoms with van der Waals surface area (Å²) in [5, 5.41) is 0.854. The lowest BCUT2D eigenvalue weighted by molar-refractivity contribution is 0.460. The van der Waals surface area contributed by atoms with Gasteiger partial charge in [-0.25, -0.2) is 9.34 Å². The van der Waals surface area contributed by atoms with Crippen LogP contribution in [0.3, 0.4) is 0 Å². The van der Waals surface area contributed by atoms with E-state index in [4.69, 9.17) is 0 Å². The van der Waals surface area contributed by atoms with E-state index in [1.807, 2.05) is 70.7 Å². The minimum absolute atomic E-state index is 0.854. The second-order valence-electron chi connectivity index (χ2n) is 5.15. The van der Waals surface area contributed by atoms with Gasteiger partial charge in [-0.1, -0.05) is 42.5 Å². The first-order valence-corrected chi connectivity index (χ1v) is 8.19. The van der Waals surface area contributed by atoms with Crippen molar-refractivity contribution in [1.29, 1.82) is 0 Å². The molecule has 0 spiro atoms. The SMILES string of the molecule is CN(C)P(=O)(c1ccc(-c2ccccc2)cc1)N(C)C. The van der Waals surface area contributed by atoms with Crippen LogP contribution in [-0.2, 0) is 4.57 Å². The van der Waals surface area contributed by atoms with Gasteiger partial charge < -0.3 is 0 Å². The second kappa shape index (κ2) is 5.92. The molecular formula is C16H21N2OP. The van der Waals surface area contributed by atoms with Crippen molar-refractivity contribution < 1.29 is 4.57 Å². The molecule has 0 amide bonds. The summed E-state index contributed by atoms with van der Waals surface area (Å²) in [7, 11) is 4.75. The Morgan fingerprint density at radius 3 is 1.60 bits per heavy atom. The molecule has 0 radical (unpaired) electrons. The van der Waals surface area contributed by atoms with Crippen LogP contribution in [0.25, 0.3) is 11.1 Å². The van der Waals surface area contributed by atoms with Crippen LogP contribution < -0.4 is 5.30 Å². The molecule has 0 aliphatic heterocycles. The summed E-state index contributed by atoms with van der Waals surface area (Å²) in [6.07, 6.45) is 0. The number of hydrogen-bond donors (Lipinski definition) is 0. The fourth-order valence-electron chi connectivity index (χ4n) is 2.30. The summed E-state index contributed by atoms with van der Waals surface area (Å²) in [6, 6.07) is 18.2. The third-order valence-electron chi connectivity index (χ3n) is 3.40. The van der Waals surface area contributed by atoms with Crippen molar-refractivity contribution in [1.82, 2.24) is 9.34 Å². The molecule has 0 aliphatic carbocycles. The van der Waals surface area contributed by atoms with Crippen LogP contribution >= 0.6 is 7.44 Å². The summed E-state index contributed by atoms with van der Waals surface area (Å²) in [5.41, 5.74) is 2.31. The van der Waals surface area contributed by atoms with E-state index >= 15 is 0 Å². The number of nitrogens with zero attached hydrogens (tertiary/aromatic N) is 2. The predicted molar refractivity (Wildman–Crippen MR) is 86.5 cm³/mol. The van der Waals surface area contributed by atoms with Gasteiger partial charge in [0, 0.05) is 5.30 Å². The normalized spacial score (nSPS) is 12.1. The minimum atomic E-state index is -2.66. The highest BCUT2D eigenvalue weighted by Crippen LogP contribution is 2.48. The van der Waals surface area contributed by atoms with Gasteiger partial charge >= 0.3 is 0 Å². The van der Waals surface area contributed by atoms with Crippen LogP contribution in [0.1, 0.15) is 0 Å². The molecule has 2 aromatic rings. The summed E-state index contributed by atoms with van der Waals surface area (Å²) < 4.78 is 16.7. The predicted octanol–water partition coefficient (Wildman–Crippen LogP) is 3.30. The van der Waals surface area contributed by atoms with E-state index in [2.05, 4.69) is 12.1 Å². The lowest BCUT2D eigenvalue weighted by Gasteiger charge is -2.30. The number of hydrogen-bond acceptors (Lipinski definition) is 1. The molecule has 0 atom stereocenters. The standard InChI is InChI=1S/C16H21N2OP/c1-17(2)20(19,18(3)4)16-12-10-15(11-13-16)14-8-6-5-7-9-14/h5-13H,1-4H3. The Labute approximate surface area is 121 Å². The quantitative estimate of drug-likeness (QED) is 0.807. The Hall–Kier alpha value is -1.41. The number of benzene rings is 2. The molecule has 0 N–H and O–H groups in total. The third-order valence-corrected chi connectivity index (χ3v) is 6.53. The Bertz CT molecular complexity index is 594. The summed E-state index contributed by atoms with van der Waals surface area (Å²) in [6.45, 7) is 0. The van der Waals surface area contributed by atoms with Crippen LogP contribution in [0.15, 0.2) is 54.6 Å². The van der Waals surface area contributed by atoms with Crippen LogP contribution in [-0.4, -0.2) is 37.5 Å². The van der Waals surface area contributed by atoms with E-state index in [-0.39, 0.29) is 0 Å². The maximum Gasteiger partial charge on any atom is 0.244 e. The van der Waals surface area contributed by atoms with Gasteiger partial charge in [0.15, 0.2) is 0 Å². The molecule has 0 aliphatic rings. The zero-order valence-electron chi connectivity index (χ0n) is 12.4. The smallest absolute Gasteiger partial charge is 0.244 e. The molecule has 0 aromatic heterocycles. The monoisotopic (exact) mass is 288 g/mol. The molecule has 2 rings (SSSR count). The van der Waals surface area contributed by atoms with Gasteiger partial charge in [0.25, 0.3) is 0 Å². The van der Waals surface area contributed by atoms with E-state index in [9.17, 15) is 4.57 Å². The molecule has 3 nitrogen and oxygen atoms in total. The average molecular weight is 288 g/mol. The van der Waals surface area contributed by atoms with Gasteiger partial charge in [-0.3, -0.25) is 4.57 Å². The van der Waals surface area contributed by atoms with Gasteiger partial charge in [0.05, 0.1) is 0 Å². The molecule has 2 aromatic carbocycles. The van der Waals surface area contributed by atoms with Crippen LogP contribution in [0.2, 0.25) is 0 Å². The summed E-state index contributed by atoms with van der Waals surface area (Å²) >= 11 is 0. The molecule has 0 unspecified atom stereocenters. The molecule has 0 heterocycles. The van der Waals surface area contributed by atoms with E-state index in [1.54, 1.807) is 9.34 Å². The topological polar surface area (TPSA) is 23.6 Å². The fraction of sp³-hybridized carbons (Fsp3) is 0.250. The Balaban J connectivity index is 2.40. The largest absolute Gasteiger partial charge is 0.284 e. The molecule has 0 saturated carbocycles. The van der Waals surface area contributed by atoms with E-state index in [0.717, 1.165) is 10.9 Å². The molecule has 0 saturated heterocycles. The molecule has 106 valence electrons. The van der Waals surface area contributed by atoms with Gasteiger partial charge in [-0.05, 0) is 51.5 Å². The van der Waals surface area contributed by atoms with Gasteiger partial charge in [-0.15, -0.1) is 0 Å². The fourth-order valence-corrected chi connectivity index (χ4v) is 4.48. The van der Waals surface area contributed by atoms with Crippen molar-refractivity contribution in [2.45, 2.75) is 0 Å². The molecule has 0 fully saturated rings. The summed E-state index contributed by atoms with van der Waals surface area (Å²) in [4.78, 5) is 0. The maximum atomic E-state index is 13.1. The lowest BCUT2D eigenvalue weighted by atomic mass is 10.1. The Kier molecular flexibility index (Phi) is 4.44. The Morgan fingerprint density at radius 1 is 0.700 bits per heavy atom. The van der Waals surface area contributed by atoms with Crippen LogP contribution in [0.5, 0.6) is 0 Å². The minimum Gasteiger partial charge on any atom is -0.284 e. The highest BCUT2D eigenvalue weighted by molar-refractivity contribution is 7.67. The zero-order valence-corrected chi connectivity index (χ0v) is 13.3. The first-order valence-electron chi connectivity index (χ1n) is 6.58. The van der Waals surface area contributed by atoms with Crippen molar-refractivity contribution in [3.05, 3.63) is 54.6 Å². The van der Waals surface area contributed by atoms with E-state index < -0.39 is 7.44 Å². The van der Waals surface area contributed by atoms with Gasteiger partial charge in [0.1, 0.15) is 0 Å². The van der Waals surface area contributed by atoms with E-state index in [1.165, 1.54) is 5.56 Å². The van der Waals surface area contributed by atoms with Crippen molar-refractivity contribution in [2.24, 2.45) is 0 Å².